The number of allylic oxidation sites excluding steroid dienone is 1. The molecule has 4 heteroatoms. The van der Waals surface area contributed by atoms with Crippen LogP contribution in [0.5, 0.6) is 0 Å². The summed E-state index contributed by atoms with van der Waals surface area (Å²) in [5, 5.41) is 12.9. The quantitative estimate of drug-likeness (QED) is 0.367. The van der Waals surface area contributed by atoms with E-state index in [9.17, 15) is 5.11 Å². The van der Waals surface area contributed by atoms with Gasteiger partial charge in [0.05, 0.1) is 5.60 Å². The van der Waals surface area contributed by atoms with Gasteiger partial charge in [0, 0.05) is 39.1 Å². The third-order valence-corrected chi connectivity index (χ3v) is 2.05. The Bertz CT molecular complexity index is 160. The van der Waals surface area contributed by atoms with Crippen molar-refractivity contribution in [3.8, 4) is 0 Å². The lowest BCUT2D eigenvalue weighted by molar-refractivity contribution is 0.0258. The van der Waals surface area contributed by atoms with Crippen molar-refractivity contribution < 1.29 is 9.84 Å². The van der Waals surface area contributed by atoms with Crippen molar-refractivity contribution in [1.82, 2.24) is 5.32 Å². The van der Waals surface area contributed by atoms with E-state index in [4.69, 9.17) is 16.3 Å². The number of hydrogen-bond donors (Lipinski definition) is 2. The molecule has 0 saturated heterocycles. The number of halogens is 1. The molecule has 0 spiro atoms. The molecular formula is C10H20ClNO2. The van der Waals surface area contributed by atoms with Crippen LogP contribution < -0.4 is 5.32 Å². The van der Waals surface area contributed by atoms with Crippen LogP contribution >= 0.6 is 11.6 Å². The van der Waals surface area contributed by atoms with Crippen LogP contribution in [0.25, 0.3) is 0 Å². The number of nitrogens with one attached hydrogen (secondary N) is 1. The van der Waals surface area contributed by atoms with Gasteiger partial charge in [0.15, 0.2) is 0 Å². The van der Waals surface area contributed by atoms with Gasteiger partial charge in [0.2, 0.25) is 0 Å². The van der Waals surface area contributed by atoms with E-state index < -0.39 is 5.60 Å². The van der Waals surface area contributed by atoms with E-state index in [1.54, 1.807) is 14.0 Å². The summed E-state index contributed by atoms with van der Waals surface area (Å²) in [5.41, 5.74) is -0.704. The molecule has 0 bridgehead atoms. The standard InChI is InChI=1S/C10H20ClNO2/c1-10(13,5-8-14-2)9-12-7-4-3-6-11/h3-4,12-13H,5-9H2,1-2H3/b4-3+. The highest BCUT2D eigenvalue weighted by Crippen LogP contribution is 2.06. The molecule has 0 aliphatic carbocycles. The second-order valence-corrected chi connectivity index (χ2v) is 3.80. The molecule has 0 saturated carbocycles. The molecule has 0 aromatic rings. The predicted molar refractivity (Wildman–Crippen MR) is 59.8 cm³/mol. The summed E-state index contributed by atoms with van der Waals surface area (Å²) in [5.74, 6) is 0.530. The Balaban J connectivity index is 3.49. The van der Waals surface area contributed by atoms with Crippen LogP contribution in [0.2, 0.25) is 0 Å². The Morgan fingerprint density at radius 3 is 2.79 bits per heavy atom. The van der Waals surface area contributed by atoms with E-state index in [1.807, 2.05) is 12.2 Å². The lowest BCUT2D eigenvalue weighted by atomic mass is 10.0. The molecule has 84 valence electrons. The van der Waals surface area contributed by atoms with Gasteiger partial charge in [-0.05, 0) is 6.92 Å². The van der Waals surface area contributed by atoms with E-state index in [2.05, 4.69) is 5.32 Å². The lowest BCUT2D eigenvalue weighted by Gasteiger charge is -2.22. The average molecular weight is 222 g/mol. The Morgan fingerprint density at radius 2 is 2.21 bits per heavy atom. The molecule has 0 aromatic carbocycles. The van der Waals surface area contributed by atoms with Gasteiger partial charge in [0.25, 0.3) is 0 Å². The molecule has 0 heterocycles. The molecule has 0 aliphatic rings. The first kappa shape index (κ1) is 13.9. The molecule has 14 heavy (non-hydrogen) atoms. The summed E-state index contributed by atoms with van der Waals surface area (Å²) in [6.45, 7) is 3.66. The van der Waals surface area contributed by atoms with Crippen molar-refractivity contribution in [1.29, 1.82) is 0 Å². The first-order valence-corrected chi connectivity index (χ1v) is 5.29. The third kappa shape index (κ3) is 8.51. The molecule has 1 atom stereocenters. The summed E-state index contributed by atoms with van der Waals surface area (Å²) in [6, 6.07) is 0. The number of hydrogen-bond acceptors (Lipinski definition) is 3. The van der Waals surface area contributed by atoms with Gasteiger partial charge in [-0.25, -0.2) is 0 Å². The molecule has 1 unspecified atom stereocenters. The number of aliphatic hydroxyl groups is 1. The predicted octanol–water partition coefficient (Wildman–Crippen LogP) is 1.16. The summed E-state index contributed by atoms with van der Waals surface area (Å²) in [7, 11) is 1.63. The van der Waals surface area contributed by atoms with Crippen LogP contribution in [0.15, 0.2) is 12.2 Å². The maximum absolute atomic E-state index is 9.81. The van der Waals surface area contributed by atoms with Gasteiger partial charge < -0.3 is 15.2 Å². The molecule has 0 aromatic heterocycles. The van der Waals surface area contributed by atoms with Crippen LogP contribution in [0, 0.1) is 0 Å². The van der Waals surface area contributed by atoms with Crippen LogP contribution in [-0.2, 0) is 4.74 Å². The van der Waals surface area contributed by atoms with Crippen molar-refractivity contribution >= 4 is 11.6 Å². The topological polar surface area (TPSA) is 41.5 Å². The molecule has 0 rings (SSSR count). The van der Waals surface area contributed by atoms with Crippen LogP contribution in [-0.4, -0.2) is 43.4 Å². The van der Waals surface area contributed by atoms with Gasteiger partial charge in [-0.3, -0.25) is 0 Å². The summed E-state index contributed by atoms with van der Waals surface area (Å²) in [4.78, 5) is 0. The van der Waals surface area contributed by atoms with E-state index in [0.29, 0.717) is 25.5 Å². The third-order valence-electron chi connectivity index (χ3n) is 1.87. The number of ether oxygens (including phenoxy) is 1. The average Bonchev–Trinajstić information content (AvgIpc) is 2.15. The summed E-state index contributed by atoms with van der Waals surface area (Å²) >= 11 is 5.46. The second kappa shape index (κ2) is 8.24. The van der Waals surface area contributed by atoms with Gasteiger partial charge >= 0.3 is 0 Å². The highest BCUT2D eigenvalue weighted by Gasteiger charge is 2.18. The van der Waals surface area contributed by atoms with E-state index in [0.717, 1.165) is 6.54 Å². The SMILES string of the molecule is COCCC(C)(O)CNC/C=C/CCl. The highest BCUT2D eigenvalue weighted by atomic mass is 35.5. The Kier molecular flexibility index (Phi) is 8.18. The minimum atomic E-state index is -0.704. The van der Waals surface area contributed by atoms with Crippen molar-refractivity contribution in [3.05, 3.63) is 12.2 Å². The number of rotatable bonds is 8. The lowest BCUT2D eigenvalue weighted by Crippen LogP contribution is -2.38. The maximum Gasteiger partial charge on any atom is 0.0765 e. The van der Waals surface area contributed by atoms with Crippen molar-refractivity contribution in [2.24, 2.45) is 0 Å². The molecule has 0 aliphatic heterocycles. The first-order valence-electron chi connectivity index (χ1n) is 4.75. The van der Waals surface area contributed by atoms with Gasteiger partial charge in [0.1, 0.15) is 0 Å². The van der Waals surface area contributed by atoms with Gasteiger partial charge in [-0.2, -0.15) is 0 Å². The van der Waals surface area contributed by atoms with Crippen LogP contribution in [0.4, 0.5) is 0 Å². The molecule has 0 radical (unpaired) electrons. The second-order valence-electron chi connectivity index (χ2n) is 3.50. The van der Waals surface area contributed by atoms with E-state index in [1.165, 1.54) is 0 Å². The minimum Gasteiger partial charge on any atom is -0.389 e. The monoisotopic (exact) mass is 221 g/mol. The van der Waals surface area contributed by atoms with Crippen LogP contribution in [0.3, 0.4) is 0 Å². The van der Waals surface area contributed by atoms with Crippen molar-refractivity contribution in [2.75, 3.05) is 32.7 Å². The molecule has 0 fully saturated rings. The van der Waals surface area contributed by atoms with Gasteiger partial charge in [-0.15, -0.1) is 11.6 Å². The zero-order valence-corrected chi connectivity index (χ0v) is 9.68. The molecule has 2 N–H and O–H groups in total. The fourth-order valence-corrected chi connectivity index (χ4v) is 1.11. The Morgan fingerprint density at radius 1 is 1.50 bits per heavy atom. The van der Waals surface area contributed by atoms with Crippen molar-refractivity contribution in [3.63, 3.8) is 0 Å². The zero-order valence-electron chi connectivity index (χ0n) is 8.92. The Hall–Kier alpha value is -0.0900. The largest absolute Gasteiger partial charge is 0.389 e. The minimum absolute atomic E-state index is 0.530. The van der Waals surface area contributed by atoms with Crippen molar-refractivity contribution in [2.45, 2.75) is 18.9 Å². The highest BCUT2D eigenvalue weighted by molar-refractivity contribution is 6.18. The fraction of sp³-hybridized carbons (Fsp3) is 0.800. The molecular weight excluding hydrogens is 202 g/mol. The smallest absolute Gasteiger partial charge is 0.0765 e. The normalized spacial score (nSPS) is 16.0. The van der Waals surface area contributed by atoms with Crippen LogP contribution in [0.1, 0.15) is 13.3 Å². The molecule has 3 nitrogen and oxygen atoms in total. The van der Waals surface area contributed by atoms with E-state index in [-0.39, 0.29) is 0 Å². The molecule has 0 amide bonds. The fourth-order valence-electron chi connectivity index (χ4n) is 0.981. The van der Waals surface area contributed by atoms with Gasteiger partial charge in [-0.1, -0.05) is 12.2 Å². The summed E-state index contributed by atoms with van der Waals surface area (Å²) in [6.07, 6.45) is 4.45. The maximum atomic E-state index is 9.81. The number of methoxy groups -OCH3 is 1. The summed E-state index contributed by atoms with van der Waals surface area (Å²) < 4.78 is 4.90. The Labute approximate surface area is 91.1 Å². The number of alkyl halides is 1. The zero-order chi connectivity index (χ0) is 10.9. The van der Waals surface area contributed by atoms with E-state index >= 15 is 0 Å². The first-order chi connectivity index (χ1) is 6.62.